The van der Waals surface area contributed by atoms with Crippen molar-refractivity contribution in [2.45, 2.75) is 52.0 Å². The van der Waals surface area contributed by atoms with E-state index in [0.717, 1.165) is 12.5 Å². The van der Waals surface area contributed by atoms with E-state index in [1.165, 1.54) is 45.2 Å². The van der Waals surface area contributed by atoms with Crippen molar-refractivity contribution in [3.05, 3.63) is 0 Å². The first kappa shape index (κ1) is 12.0. The van der Waals surface area contributed by atoms with Crippen LogP contribution in [0.25, 0.3) is 0 Å². The minimum absolute atomic E-state index is 0.651. The molecule has 2 unspecified atom stereocenters. The normalized spacial score (nSPS) is 26.4. The molecule has 1 rings (SSSR count). The number of rotatable bonds is 5. The van der Waals surface area contributed by atoms with Gasteiger partial charge in [-0.15, -0.1) is 0 Å². The molecule has 0 bridgehead atoms. The lowest BCUT2D eigenvalue weighted by molar-refractivity contribution is 0.125. The molecule has 1 aliphatic heterocycles. The summed E-state index contributed by atoms with van der Waals surface area (Å²) in [6.45, 7) is 8.00. The van der Waals surface area contributed by atoms with Crippen LogP contribution in [-0.4, -0.2) is 30.6 Å². The minimum atomic E-state index is 0.651. The summed E-state index contributed by atoms with van der Waals surface area (Å²) in [5, 5.41) is 0. The number of piperidine rings is 1. The van der Waals surface area contributed by atoms with Crippen LogP contribution in [0.2, 0.25) is 0 Å². The summed E-state index contributed by atoms with van der Waals surface area (Å²) in [5.74, 6) is 0.874. The summed E-state index contributed by atoms with van der Waals surface area (Å²) in [6.07, 6.45) is 6.68. The number of unbranched alkanes of at least 4 members (excludes halogenated alkanes) is 1. The Bertz CT molecular complexity index is 147. The van der Waals surface area contributed by atoms with E-state index in [0.29, 0.717) is 6.04 Å². The van der Waals surface area contributed by atoms with Crippen LogP contribution in [0, 0.1) is 5.92 Å². The second-order valence-electron chi connectivity index (χ2n) is 4.77. The SMILES string of the molecule is CCCCC(CN)N1CCCC(C)C1. The van der Waals surface area contributed by atoms with E-state index < -0.39 is 0 Å². The smallest absolute Gasteiger partial charge is 0.0218 e. The van der Waals surface area contributed by atoms with Gasteiger partial charge in [-0.2, -0.15) is 0 Å². The molecule has 0 aromatic rings. The van der Waals surface area contributed by atoms with Gasteiger partial charge in [-0.25, -0.2) is 0 Å². The molecule has 2 heteroatoms. The number of likely N-dealkylation sites (tertiary alicyclic amines) is 1. The molecule has 1 aliphatic rings. The zero-order chi connectivity index (χ0) is 10.4. The van der Waals surface area contributed by atoms with Gasteiger partial charge in [0.05, 0.1) is 0 Å². The molecule has 0 radical (unpaired) electrons. The monoisotopic (exact) mass is 198 g/mol. The van der Waals surface area contributed by atoms with Gasteiger partial charge in [0.15, 0.2) is 0 Å². The Morgan fingerprint density at radius 3 is 2.86 bits per heavy atom. The molecule has 0 aromatic heterocycles. The van der Waals surface area contributed by atoms with E-state index in [9.17, 15) is 0 Å². The Morgan fingerprint density at radius 2 is 2.29 bits per heavy atom. The highest BCUT2D eigenvalue weighted by Gasteiger charge is 2.22. The van der Waals surface area contributed by atoms with Crippen LogP contribution >= 0.6 is 0 Å². The van der Waals surface area contributed by atoms with Crippen molar-refractivity contribution in [3.8, 4) is 0 Å². The van der Waals surface area contributed by atoms with Gasteiger partial charge in [0.1, 0.15) is 0 Å². The maximum Gasteiger partial charge on any atom is 0.0218 e. The van der Waals surface area contributed by atoms with Gasteiger partial charge in [0.25, 0.3) is 0 Å². The number of nitrogens with zero attached hydrogens (tertiary/aromatic N) is 1. The topological polar surface area (TPSA) is 29.3 Å². The van der Waals surface area contributed by atoms with E-state index in [2.05, 4.69) is 18.7 Å². The fraction of sp³-hybridized carbons (Fsp3) is 1.00. The summed E-state index contributed by atoms with van der Waals surface area (Å²) >= 11 is 0. The zero-order valence-corrected chi connectivity index (χ0v) is 9.84. The van der Waals surface area contributed by atoms with Gasteiger partial charge in [-0.3, -0.25) is 4.90 Å². The minimum Gasteiger partial charge on any atom is -0.329 e. The lowest BCUT2D eigenvalue weighted by Crippen LogP contribution is -2.45. The van der Waals surface area contributed by atoms with Crippen LogP contribution in [0.5, 0.6) is 0 Å². The van der Waals surface area contributed by atoms with Crippen molar-refractivity contribution < 1.29 is 0 Å². The van der Waals surface area contributed by atoms with E-state index in [4.69, 9.17) is 5.73 Å². The molecule has 0 aliphatic carbocycles. The van der Waals surface area contributed by atoms with Crippen molar-refractivity contribution in [1.29, 1.82) is 0 Å². The molecule has 2 nitrogen and oxygen atoms in total. The van der Waals surface area contributed by atoms with E-state index in [1.807, 2.05) is 0 Å². The quantitative estimate of drug-likeness (QED) is 0.734. The molecular weight excluding hydrogens is 172 g/mol. The van der Waals surface area contributed by atoms with Crippen LogP contribution in [0.4, 0.5) is 0 Å². The average Bonchev–Trinajstić information content (AvgIpc) is 2.19. The molecule has 0 spiro atoms. The second-order valence-corrected chi connectivity index (χ2v) is 4.77. The van der Waals surface area contributed by atoms with Crippen molar-refractivity contribution >= 4 is 0 Å². The van der Waals surface area contributed by atoms with Gasteiger partial charge in [0, 0.05) is 19.1 Å². The van der Waals surface area contributed by atoms with Gasteiger partial charge in [0.2, 0.25) is 0 Å². The number of nitrogens with two attached hydrogens (primary N) is 1. The maximum absolute atomic E-state index is 5.85. The first-order valence-corrected chi connectivity index (χ1v) is 6.22. The molecule has 2 N–H and O–H groups in total. The highest BCUT2D eigenvalue weighted by molar-refractivity contribution is 4.78. The van der Waals surface area contributed by atoms with Gasteiger partial charge >= 0.3 is 0 Å². The summed E-state index contributed by atoms with van der Waals surface area (Å²) in [4.78, 5) is 2.61. The molecule has 0 amide bonds. The maximum atomic E-state index is 5.85. The third-order valence-electron chi connectivity index (χ3n) is 3.37. The van der Waals surface area contributed by atoms with Gasteiger partial charge in [-0.05, 0) is 31.7 Å². The molecular formula is C12H26N2. The molecule has 84 valence electrons. The van der Waals surface area contributed by atoms with Crippen molar-refractivity contribution in [1.82, 2.24) is 4.90 Å². The Balaban J connectivity index is 2.34. The van der Waals surface area contributed by atoms with Crippen molar-refractivity contribution in [2.75, 3.05) is 19.6 Å². The molecule has 1 heterocycles. The molecule has 14 heavy (non-hydrogen) atoms. The third-order valence-corrected chi connectivity index (χ3v) is 3.37. The van der Waals surface area contributed by atoms with E-state index in [-0.39, 0.29) is 0 Å². The lowest BCUT2D eigenvalue weighted by Gasteiger charge is -2.36. The summed E-state index contributed by atoms with van der Waals surface area (Å²) < 4.78 is 0. The van der Waals surface area contributed by atoms with Crippen LogP contribution < -0.4 is 5.73 Å². The zero-order valence-electron chi connectivity index (χ0n) is 9.84. The van der Waals surface area contributed by atoms with Gasteiger partial charge < -0.3 is 5.73 Å². The first-order valence-electron chi connectivity index (χ1n) is 6.22. The van der Waals surface area contributed by atoms with Crippen LogP contribution in [0.15, 0.2) is 0 Å². The fourth-order valence-corrected chi connectivity index (χ4v) is 2.45. The van der Waals surface area contributed by atoms with Crippen molar-refractivity contribution in [3.63, 3.8) is 0 Å². The Morgan fingerprint density at radius 1 is 1.50 bits per heavy atom. The predicted molar refractivity (Wildman–Crippen MR) is 62.3 cm³/mol. The highest BCUT2D eigenvalue weighted by atomic mass is 15.2. The number of hydrogen-bond acceptors (Lipinski definition) is 2. The summed E-state index contributed by atoms with van der Waals surface area (Å²) in [5.41, 5.74) is 5.85. The summed E-state index contributed by atoms with van der Waals surface area (Å²) in [7, 11) is 0. The third kappa shape index (κ3) is 3.58. The van der Waals surface area contributed by atoms with E-state index in [1.54, 1.807) is 0 Å². The standard InChI is InChI=1S/C12H26N2/c1-3-4-7-12(9-13)14-8-5-6-11(2)10-14/h11-12H,3-10,13H2,1-2H3. The fourth-order valence-electron chi connectivity index (χ4n) is 2.45. The highest BCUT2D eigenvalue weighted by Crippen LogP contribution is 2.19. The second kappa shape index (κ2) is 6.41. The lowest BCUT2D eigenvalue weighted by atomic mass is 9.97. The Labute approximate surface area is 88.8 Å². The van der Waals surface area contributed by atoms with E-state index >= 15 is 0 Å². The molecule has 0 saturated carbocycles. The van der Waals surface area contributed by atoms with Crippen LogP contribution in [0.3, 0.4) is 0 Å². The Kier molecular flexibility index (Phi) is 5.49. The van der Waals surface area contributed by atoms with Gasteiger partial charge in [-0.1, -0.05) is 26.7 Å². The largest absolute Gasteiger partial charge is 0.329 e. The predicted octanol–water partition coefficient (Wildman–Crippen LogP) is 2.24. The first-order chi connectivity index (χ1) is 6.77. The Hall–Kier alpha value is -0.0800. The van der Waals surface area contributed by atoms with Crippen LogP contribution in [0.1, 0.15) is 46.0 Å². The average molecular weight is 198 g/mol. The van der Waals surface area contributed by atoms with Crippen molar-refractivity contribution in [2.24, 2.45) is 11.7 Å². The van der Waals surface area contributed by atoms with Crippen LogP contribution in [-0.2, 0) is 0 Å². The molecule has 1 fully saturated rings. The molecule has 1 saturated heterocycles. The molecule has 0 aromatic carbocycles. The summed E-state index contributed by atoms with van der Waals surface area (Å²) in [6, 6.07) is 0.651. The number of hydrogen-bond donors (Lipinski definition) is 1. The molecule has 2 atom stereocenters.